The molecule has 104 valence electrons. The average molecular weight is 267 g/mol. The molecule has 0 aliphatic carbocycles. The summed E-state index contributed by atoms with van der Waals surface area (Å²) in [5.74, 6) is -0.838. The molecular weight excluding hydrogens is 250 g/mol. The fourth-order valence-corrected chi connectivity index (χ4v) is 1.19. The summed E-state index contributed by atoms with van der Waals surface area (Å²) in [4.78, 5) is 21.9. The highest BCUT2D eigenvalue weighted by Gasteiger charge is 2.15. The van der Waals surface area contributed by atoms with Crippen molar-refractivity contribution in [1.82, 2.24) is 5.32 Å². The molecular formula is C13H17NO5. The standard InChI is InChI=1S/C13H17NO5/c1-13(2,3)19-12(17)14-8-4-5-9-6-7-10(18-9)11(15)16/h4-7H,8H2,1-3H3,(H,14,17)(H,15,16). The Morgan fingerprint density at radius 2 is 2.11 bits per heavy atom. The number of carbonyl (C=O) groups is 2. The molecule has 1 aromatic rings. The van der Waals surface area contributed by atoms with Crippen LogP contribution in [0.4, 0.5) is 4.79 Å². The fourth-order valence-electron chi connectivity index (χ4n) is 1.19. The molecule has 19 heavy (non-hydrogen) atoms. The zero-order chi connectivity index (χ0) is 14.5. The van der Waals surface area contributed by atoms with Crippen molar-refractivity contribution in [3.8, 4) is 0 Å². The van der Waals surface area contributed by atoms with E-state index >= 15 is 0 Å². The van der Waals surface area contributed by atoms with Crippen LogP contribution >= 0.6 is 0 Å². The Balaban J connectivity index is 2.38. The maximum Gasteiger partial charge on any atom is 0.407 e. The maximum atomic E-state index is 11.3. The van der Waals surface area contributed by atoms with Crippen molar-refractivity contribution >= 4 is 18.1 Å². The highest BCUT2D eigenvalue weighted by atomic mass is 16.6. The van der Waals surface area contributed by atoms with Crippen LogP contribution in [0.3, 0.4) is 0 Å². The van der Waals surface area contributed by atoms with Crippen LogP contribution in [0.15, 0.2) is 22.6 Å². The van der Waals surface area contributed by atoms with Crippen LogP contribution in [-0.2, 0) is 4.74 Å². The molecule has 1 aromatic heterocycles. The Kier molecular flexibility index (Phi) is 4.74. The summed E-state index contributed by atoms with van der Waals surface area (Å²) in [7, 11) is 0. The quantitative estimate of drug-likeness (QED) is 0.875. The van der Waals surface area contributed by atoms with Crippen molar-refractivity contribution in [3.63, 3.8) is 0 Å². The third-order valence-electron chi connectivity index (χ3n) is 1.88. The van der Waals surface area contributed by atoms with Gasteiger partial charge < -0.3 is 19.6 Å². The van der Waals surface area contributed by atoms with Crippen molar-refractivity contribution in [2.24, 2.45) is 0 Å². The maximum absolute atomic E-state index is 11.3. The predicted octanol–water partition coefficient (Wildman–Crippen LogP) is 2.52. The first kappa shape index (κ1) is 14.8. The largest absolute Gasteiger partial charge is 0.475 e. The van der Waals surface area contributed by atoms with Crippen LogP contribution in [0.2, 0.25) is 0 Å². The first-order chi connectivity index (χ1) is 8.78. The molecule has 0 radical (unpaired) electrons. The first-order valence-electron chi connectivity index (χ1n) is 5.74. The molecule has 0 aliphatic heterocycles. The monoisotopic (exact) mass is 267 g/mol. The third kappa shape index (κ3) is 5.76. The molecule has 2 N–H and O–H groups in total. The lowest BCUT2D eigenvalue weighted by atomic mass is 10.2. The van der Waals surface area contributed by atoms with Crippen molar-refractivity contribution < 1.29 is 23.8 Å². The summed E-state index contributed by atoms with van der Waals surface area (Å²) in [6.07, 6.45) is 2.70. The highest BCUT2D eigenvalue weighted by molar-refractivity contribution is 5.84. The number of carboxylic acid groups (broad SMARTS) is 1. The summed E-state index contributed by atoms with van der Waals surface area (Å²) in [5, 5.41) is 11.2. The van der Waals surface area contributed by atoms with Crippen LogP contribution in [-0.4, -0.2) is 29.3 Å². The minimum Gasteiger partial charge on any atom is -0.475 e. The van der Waals surface area contributed by atoms with E-state index in [2.05, 4.69) is 5.32 Å². The number of aromatic carboxylic acids is 1. The van der Waals surface area contributed by atoms with E-state index in [1.54, 1.807) is 32.9 Å². The minimum absolute atomic E-state index is 0.125. The van der Waals surface area contributed by atoms with Gasteiger partial charge >= 0.3 is 12.1 Å². The van der Waals surface area contributed by atoms with Gasteiger partial charge in [0.05, 0.1) is 0 Å². The van der Waals surface area contributed by atoms with E-state index in [4.69, 9.17) is 14.3 Å². The van der Waals surface area contributed by atoms with Crippen LogP contribution in [0.5, 0.6) is 0 Å². The van der Waals surface area contributed by atoms with E-state index < -0.39 is 17.7 Å². The molecule has 1 heterocycles. The van der Waals surface area contributed by atoms with E-state index in [9.17, 15) is 9.59 Å². The normalized spacial score (nSPS) is 11.5. The second-order valence-corrected chi connectivity index (χ2v) is 4.79. The zero-order valence-corrected chi connectivity index (χ0v) is 11.1. The van der Waals surface area contributed by atoms with E-state index in [1.807, 2.05) is 0 Å². The second-order valence-electron chi connectivity index (χ2n) is 4.79. The number of alkyl carbamates (subject to hydrolysis) is 1. The summed E-state index contributed by atoms with van der Waals surface area (Å²) in [6.45, 7) is 5.59. The van der Waals surface area contributed by atoms with Gasteiger partial charge in [-0.1, -0.05) is 6.08 Å². The Labute approximate surface area is 111 Å². The Morgan fingerprint density at radius 1 is 1.42 bits per heavy atom. The van der Waals surface area contributed by atoms with Crippen molar-refractivity contribution in [2.45, 2.75) is 26.4 Å². The van der Waals surface area contributed by atoms with Gasteiger partial charge in [0, 0.05) is 6.54 Å². The molecule has 0 atom stereocenters. The number of hydrogen-bond donors (Lipinski definition) is 2. The lowest BCUT2D eigenvalue weighted by molar-refractivity contribution is 0.0533. The summed E-state index contributed by atoms with van der Waals surface area (Å²) in [6, 6.07) is 2.90. The molecule has 0 saturated heterocycles. The molecule has 0 spiro atoms. The Bertz CT molecular complexity index is 481. The molecule has 0 bridgehead atoms. The van der Waals surface area contributed by atoms with Crippen LogP contribution in [0, 0.1) is 0 Å². The molecule has 0 fully saturated rings. The molecule has 6 heteroatoms. The molecule has 1 amide bonds. The molecule has 0 saturated carbocycles. The van der Waals surface area contributed by atoms with Gasteiger partial charge in [0.25, 0.3) is 0 Å². The SMILES string of the molecule is CC(C)(C)OC(=O)NCC=Cc1ccc(C(=O)O)o1. The summed E-state index contributed by atoms with van der Waals surface area (Å²) in [5.41, 5.74) is -0.537. The van der Waals surface area contributed by atoms with Gasteiger partial charge in [-0.15, -0.1) is 0 Å². The van der Waals surface area contributed by atoms with Crippen LogP contribution < -0.4 is 5.32 Å². The number of furan rings is 1. The lowest BCUT2D eigenvalue weighted by Gasteiger charge is -2.19. The molecule has 0 aromatic carbocycles. The first-order valence-corrected chi connectivity index (χ1v) is 5.74. The lowest BCUT2D eigenvalue weighted by Crippen LogP contribution is -2.32. The molecule has 6 nitrogen and oxygen atoms in total. The number of carbonyl (C=O) groups excluding carboxylic acids is 1. The van der Waals surface area contributed by atoms with E-state index in [0.29, 0.717) is 5.76 Å². The van der Waals surface area contributed by atoms with Gasteiger partial charge in [-0.05, 0) is 39.0 Å². The number of rotatable bonds is 4. The molecule has 0 aliphatic rings. The number of ether oxygens (including phenoxy) is 1. The van der Waals surface area contributed by atoms with Gasteiger partial charge in [0.2, 0.25) is 5.76 Å². The summed E-state index contributed by atoms with van der Waals surface area (Å²) < 4.78 is 10.0. The van der Waals surface area contributed by atoms with E-state index in [0.717, 1.165) is 0 Å². The van der Waals surface area contributed by atoms with E-state index in [-0.39, 0.29) is 12.3 Å². The topological polar surface area (TPSA) is 88.8 Å². The van der Waals surface area contributed by atoms with Crippen molar-refractivity contribution in [3.05, 3.63) is 29.7 Å². The van der Waals surface area contributed by atoms with Gasteiger partial charge in [0.15, 0.2) is 0 Å². The minimum atomic E-state index is -1.12. The number of amides is 1. The number of carboxylic acids is 1. The molecule has 0 unspecified atom stereocenters. The highest BCUT2D eigenvalue weighted by Crippen LogP contribution is 2.09. The number of nitrogens with one attached hydrogen (secondary N) is 1. The van der Waals surface area contributed by atoms with E-state index in [1.165, 1.54) is 12.1 Å². The smallest absolute Gasteiger partial charge is 0.407 e. The zero-order valence-electron chi connectivity index (χ0n) is 11.1. The fraction of sp³-hybridized carbons (Fsp3) is 0.385. The van der Waals surface area contributed by atoms with Gasteiger partial charge in [-0.2, -0.15) is 0 Å². The average Bonchev–Trinajstić information content (AvgIpc) is 2.70. The Morgan fingerprint density at radius 3 is 2.63 bits per heavy atom. The van der Waals surface area contributed by atoms with Gasteiger partial charge in [0.1, 0.15) is 11.4 Å². The number of hydrogen-bond acceptors (Lipinski definition) is 4. The van der Waals surface area contributed by atoms with Gasteiger partial charge in [-0.3, -0.25) is 0 Å². The van der Waals surface area contributed by atoms with Crippen molar-refractivity contribution in [1.29, 1.82) is 0 Å². The molecule has 1 rings (SSSR count). The predicted molar refractivity (Wildman–Crippen MR) is 68.9 cm³/mol. The van der Waals surface area contributed by atoms with Crippen LogP contribution in [0.1, 0.15) is 37.1 Å². The second kappa shape index (κ2) is 6.08. The third-order valence-corrected chi connectivity index (χ3v) is 1.88. The summed E-state index contributed by atoms with van der Waals surface area (Å²) >= 11 is 0. The van der Waals surface area contributed by atoms with Gasteiger partial charge in [-0.25, -0.2) is 9.59 Å². The van der Waals surface area contributed by atoms with Crippen LogP contribution in [0.25, 0.3) is 6.08 Å². The Hall–Kier alpha value is -2.24. The van der Waals surface area contributed by atoms with Crippen molar-refractivity contribution in [2.75, 3.05) is 6.54 Å².